The molecule has 1 aromatic heterocycles. The van der Waals surface area contributed by atoms with Crippen LogP contribution in [0.5, 0.6) is 0 Å². The van der Waals surface area contributed by atoms with Gasteiger partial charge in [0, 0.05) is 6.54 Å². The minimum atomic E-state index is -0.767. The van der Waals surface area contributed by atoms with E-state index in [2.05, 4.69) is 16.0 Å². The van der Waals surface area contributed by atoms with Crippen LogP contribution in [0, 0.1) is 5.82 Å². The van der Waals surface area contributed by atoms with Gasteiger partial charge in [-0.1, -0.05) is 12.1 Å². The summed E-state index contributed by atoms with van der Waals surface area (Å²) in [6, 6.07) is 6.06. The average molecular weight is 384 g/mol. The molecule has 0 aliphatic carbocycles. The Morgan fingerprint density at radius 3 is 2.84 bits per heavy atom. The van der Waals surface area contributed by atoms with Gasteiger partial charge in [-0.25, -0.2) is 4.39 Å². The Morgan fingerprint density at radius 2 is 2.12 bits per heavy atom. The van der Waals surface area contributed by atoms with Gasteiger partial charge >= 0.3 is 0 Å². The van der Waals surface area contributed by atoms with Gasteiger partial charge in [-0.15, -0.1) is 23.7 Å². The molecule has 25 heavy (non-hydrogen) atoms. The molecule has 0 spiro atoms. The normalized spacial score (nSPS) is 14.0. The Bertz CT molecular complexity index is 768. The van der Waals surface area contributed by atoms with Crippen molar-refractivity contribution in [2.75, 3.05) is 11.9 Å². The molecule has 2 aromatic rings. The maximum atomic E-state index is 14.5. The van der Waals surface area contributed by atoms with Crippen molar-refractivity contribution in [3.8, 4) is 0 Å². The molecule has 1 unspecified atom stereocenters. The van der Waals surface area contributed by atoms with Crippen molar-refractivity contribution in [2.45, 2.75) is 25.9 Å². The first-order valence-electron chi connectivity index (χ1n) is 7.72. The largest absolute Gasteiger partial charge is 0.340 e. The van der Waals surface area contributed by atoms with Crippen molar-refractivity contribution in [1.29, 1.82) is 0 Å². The Morgan fingerprint density at radius 1 is 1.32 bits per heavy atom. The third-order valence-corrected chi connectivity index (χ3v) is 4.82. The summed E-state index contributed by atoms with van der Waals surface area (Å²) in [4.78, 5) is 24.7. The number of carbonyl (C=O) groups is 2. The van der Waals surface area contributed by atoms with Crippen LogP contribution >= 0.6 is 23.7 Å². The van der Waals surface area contributed by atoms with Crippen LogP contribution in [-0.2, 0) is 17.8 Å². The highest BCUT2D eigenvalue weighted by molar-refractivity contribution is 7.12. The van der Waals surface area contributed by atoms with E-state index in [9.17, 15) is 14.0 Å². The van der Waals surface area contributed by atoms with Crippen LogP contribution in [0.15, 0.2) is 29.6 Å². The number of amides is 2. The lowest BCUT2D eigenvalue weighted by molar-refractivity contribution is -0.117. The number of fused-ring (bicyclic) bond motifs is 1. The number of thiophene rings is 1. The maximum absolute atomic E-state index is 14.5. The second kappa shape index (κ2) is 8.42. The molecule has 1 aromatic carbocycles. The topological polar surface area (TPSA) is 70.2 Å². The third-order valence-electron chi connectivity index (χ3n) is 3.95. The fraction of sp³-hybridized carbons (Fsp3) is 0.294. The van der Waals surface area contributed by atoms with Gasteiger partial charge in [-0.2, -0.15) is 0 Å². The molecule has 5 nitrogen and oxygen atoms in total. The van der Waals surface area contributed by atoms with E-state index in [-0.39, 0.29) is 29.8 Å². The van der Waals surface area contributed by atoms with Crippen LogP contribution in [0.25, 0.3) is 0 Å². The first kappa shape index (κ1) is 19.4. The van der Waals surface area contributed by atoms with Crippen LogP contribution in [-0.4, -0.2) is 24.4 Å². The number of carbonyl (C=O) groups excluding carboxylic acids is 2. The molecule has 0 saturated carbocycles. The summed E-state index contributed by atoms with van der Waals surface area (Å²) in [5.74, 6) is -1.16. The highest BCUT2D eigenvalue weighted by atomic mass is 35.5. The van der Waals surface area contributed by atoms with E-state index in [0.717, 1.165) is 5.56 Å². The molecule has 3 rings (SSSR count). The van der Waals surface area contributed by atoms with Crippen LogP contribution in [0.4, 0.5) is 10.1 Å². The predicted molar refractivity (Wildman–Crippen MR) is 98.9 cm³/mol. The lowest BCUT2D eigenvalue weighted by atomic mass is 9.99. The second-order valence-electron chi connectivity index (χ2n) is 5.65. The second-order valence-corrected chi connectivity index (χ2v) is 6.60. The van der Waals surface area contributed by atoms with Crippen molar-refractivity contribution in [3.63, 3.8) is 0 Å². The van der Waals surface area contributed by atoms with Gasteiger partial charge in [0.1, 0.15) is 11.9 Å². The summed E-state index contributed by atoms with van der Waals surface area (Å²) in [5.41, 5.74) is 1.70. The third kappa shape index (κ3) is 4.36. The summed E-state index contributed by atoms with van der Waals surface area (Å²) in [6.07, 6.45) is 0.593. The zero-order valence-corrected chi connectivity index (χ0v) is 15.2. The quantitative estimate of drug-likeness (QED) is 0.760. The van der Waals surface area contributed by atoms with Gasteiger partial charge in [-0.3, -0.25) is 9.59 Å². The van der Waals surface area contributed by atoms with Crippen molar-refractivity contribution in [1.82, 2.24) is 10.6 Å². The highest BCUT2D eigenvalue weighted by Gasteiger charge is 2.21. The maximum Gasteiger partial charge on any atom is 0.261 e. The SMILES string of the molecule is CC(NC(=O)c1cccs1)C(=O)Nc1ccc2c(c1F)CCNC2.Cl. The fourth-order valence-electron chi connectivity index (χ4n) is 2.61. The number of nitrogens with one attached hydrogen (secondary N) is 3. The van der Waals surface area contributed by atoms with Crippen LogP contribution < -0.4 is 16.0 Å². The molecule has 0 radical (unpaired) electrons. The van der Waals surface area contributed by atoms with E-state index in [4.69, 9.17) is 0 Å². The van der Waals surface area contributed by atoms with Gasteiger partial charge < -0.3 is 16.0 Å². The Labute approximate surface area is 155 Å². The summed E-state index contributed by atoms with van der Waals surface area (Å²) >= 11 is 1.30. The molecule has 2 heterocycles. The van der Waals surface area contributed by atoms with E-state index >= 15 is 0 Å². The lowest BCUT2D eigenvalue weighted by Crippen LogP contribution is -2.41. The van der Waals surface area contributed by atoms with Crippen molar-refractivity contribution in [2.24, 2.45) is 0 Å². The molecule has 0 bridgehead atoms. The molecule has 3 N–H and O–H groups in total. The van der Waals surface area contributed by atoms with E-state index in [1.165, 1.54) is 11.3 Å². The zero-order valence-electron chi connectivity index (χ0n) is 13.6. The molecule has 0 saturated heterocycles. The fourth-order valence-corrected chi connectivity index (χ4v) is 3.24. The molecule has 0 fully saturated rings. The molecule has 1 aliphatic rings. The first-order chi connectivity index (χ1) is 11.6. The molecule has 1 aliphatic heterocycles. The molecule has 1 atom stereocenters. The van der Waals surface area contributed by atoms with Crippen molar-refractivity contribution in [3.05, 3.63) is 51.5 Å². The summed E-state index contributed by atoms with van der Waals surface area (Å²) in [6.45, 7) is 2.92. The molecule has 8 heteroatoms. The number of halogens is 2. The Kier molecular flexibility index (Phi) is 6.52. The Balaban J connectivity index is 0.00000225. The predicted octanol–water partition coefficient (Wildman–Crippen LogP) is 2.71. The molecular weight excluding hydrogens is 365 g/mol. The zero-order chi connectivity index (χ0) is 17.1. The van der Waals surface area contributed by atoms with Crippen LogP contribution in [0.3, 0.4) is 0 Å². The standard InChI is InChI=1S/C17H18FN3O2S.ClH/c1-10(20-17(23)14-3-2-8-24-14)16(22)21-13-5-4-11-9-19-7-6-12(11)15(13)18;/h2-5,8,10,19H,6-7,9H2,1H3,(H,20,23)(H,21,22);1H. The van der Waals surface area contributed by atoms with Gasteiger partial charge in [-0.05, 0) is 48.5 Å². The Hall–Kier alpha value is -1.96. The van der Waals surface area contributed by atoms with Crippen molar-refractivity contribution >= 4 is 41.2 Å². The monoisotopic (exact) mass is 383 g/mol. The average Bonchev–Trinajstić information content (AvgIpc) is 3.12. The molecule has 2 amide bonds. The molecule has 134 valence electrons. The first-order valence-corrected chi connectivity index (χ1v) is 8.60. The number of benzene rings is 1. The lowest BCUT2D eigenvalue weighted by Gasteiger charge is -2.20. The highest BCUT2D eigenvalue weighted by Crippen LogP contribution is 2.24. The van der Waals surface area contributed by atoms with Crippen LogP contribution in [0.1, 0.15) is 27.7 Å². The summed E-state index contributed by atoms with van der Waals surface area (Å²) < 4.78 is 14.5. The summed E-state index contributed by atoms with van der Waals surface area (Å²) in [5, 5.41) is 10.1. The van der Waals surface area contributed by atoms with E-state index < -0.39 is 11.9 Å². The van der Waals surface area contributed by atoms with Crippen LogP contribution in [0.2, 0.25) is 0 Å². The van der Waals surface area contributed by atoms with Gasteiger partial charge in [0.25, 0.3) is 5.91 Å². The van der Waals surface area contributed by atoms with E-state index in [0.29, 0.717) is 30.0 Å². The smallest absolute Gasteiger partial charge is 0.261 e. The minimum Gasteiger partial charge on any atom is -0.340 e. The minimum absolute atomic E-state index is 0. The summed E-state index contributed by atoms with van der Waals surface area (Å²) in [7, 11) is 0. The van der Waals surface area contributed by atoms with E-state index in [1.807, 2.05) is 6.07 Å². The molecular formula is C17H19ClFN3O2S. The number of hydrogen-bond acceptors (Lipinski definition) is 4. The van der Waals surface area contributed by atoms with Gasteiger partial charge in [0.15, 0.2) is 0 Å². The number of rotatable bonds is 4. The van der Waals surface area contributed by atoms with Gasteiger partial charge in [0.2, 0.25) is 5.91 Å². The number of anilines is 1. The number of hydrogen-bond donors (Lipinski definition) is 3. The van der Waals surface area contributed by atoms with Crippen molar-refractivity contribution < 1.29 is 14.0 Å². The van der Waals surface area contributed by atoms with Gasteiger partial charge in [0.05, 0.1) is 10.6 Å². The van der Waals surface area contributed by atoms with E-state index in [1.54, 1.807) is 30.5 Å².